The highest BCUT2D eigenvalue weighted by Crippen LogP contribution is 2.30. The van der Waals surface area contributed by atoms with E-state index in [4.69, 9.17) is 0 Å². The second-order valence-corrected chi connectivity index (χ2v) is 7.35. The molecule has 0 saturated carbocycles. The zero-order valence-electron chi connectivity index (χ0n) is 15.2. The molecule has 0 radical (unpaired) electrons. The highest BCUT2D eigenvalue weighted by Gasteiger charge is 2.44. The molecule has 0 aliphatic carbocycles. The standard InChI is InChI=1S/C19H22N4O4/c1-22(10-11-3-2-8-20-11)12-4-5-13-14(9-12)19(27)23(18(13)26)15-6-7-16(24)21-17(15)25/h4-5,9,11,15,20H,2-3,6-8,10H2,1H3,(H,21,24,25)/t11-,15?/m1/s1. The summed E-state index contributed by atoms with van der Waals surface area (Å²) >= 11 is 0. The van der Waals surface area contributed by atoms with Gasteiger partial charge < -0.3 is 10.2 Å². The number of fused-ring (bicyclic) bond motifs is 1. The number of nitrogens with one attached hydrogen (secondary N) is 2. The maximum absolute atomic E-state index is 12.9. The third-order valence-electron chi connectivity index (χ3n) is 5.52. The lowest BCUT2D eigenvalue weighted by molar-refractivity contribution is -0.136. The van der Waals surface area contributed by atoms with Crippen molar-refractivity contribution in [3.05, 3.63) is 29.3 Å². The minimum absolute atomic E-state index is 0.117. The summed E-state index contributed by atoms with van der Waals surface area (Å²) in [5.74, 6) is -1.92. The first-order valence-electron chi connectivity index (χ1n) is 9.26. The van der Waals surface area contributed by atoms with Crippen LogP contribution in [0.3, 0.4) is 0 Å². The Bertz CT molecular complexity index is 831. The summed E-state index contributed by atoms with van der Waals surface area (Å²) in [7, 11) is 1.96. The monoisotopic (exact) mass is 370 g/mol. The summed E-state index contributed by atoms with van der Waals surface area (Å²) in [4.78, 5) is 52.1. The zero-order valence-corrected chi connectivity index (χ0v) is 15.2. The number of benzene rings is 1. The lowest BCUT2D eigenvalue weighted by Crippen LogP contribution is -2.54. The third-order valence-corrected chi connectivity index (χ3v) is 5.52. The first-order valence-corrected chi connectivity index (χ1v) is 9.26. The molecule has 1 aromatic carbocycles. The van der Waals surface area contributed by atoms with Gasteiger partial charge in [-0.05, 0) is 44.0 Å². The number of carbonyl (C=O) groups excluding carboxylic acids is 4. The second kappa shape index (κ2) is 6.77. The van der Waals surface area contributed by atoms with Crippen LogP contribution in [0.4, 0.5) is 5.69 Å². The predicted octanol–water partition coefficient (Wildman–Crippen LogP) is 0.276. The van der Waals surface area contributed by atoms with Crippen molar-refractivity contribution in [1.29, 1.82) is 0 Å². The number of likely N-dealkylation sites (N-methyl/N-ethyl adjacent to an activating group) is 1. The molecule has 27 heavy (non-hydrogen) atoms. The Morgan fingerprint density at radius 1 is 1.11 bits per heavy atom. The van der Waals surface area contributed by atoms with Crippen LogP contribution >= 0.6 is 0 Å². The predicted molar refractivity (Wildman–Crippen MR) is 97.4 cm³/mol. The molecule has 142 valence electrons. The van der Waals surface area contributed by atoms with E-state index in [1.807, 2.05) is 13.1 Å². The van der Waals surface area contributed by atoms with Gasteiger partial charge in [-0.3, -0.25) is 29.4 Å². The number of hydrogen-bond donors (Lipinski definition) is 2. The smallest absolute Gasteiger partial charge is 0.262 e. The Morgan fingerprint density at radius 3 is 2.59 bits per heavy atom. The molecule has 0 bridgehead atoms. The molecule has 2 saturated heterocycles. The second-order valence-electron chi connectivity index (χ2n) is 7.35. The van der Waals surface area contributed by atoms with Crippen LogP contribution in [-0.2, 0) is 9.59 Å². The van der Waals surface area contributed by atoms with Crippen molar-refractivity contribution in [3.8, 4) is 0 Å². The first-order chi connectivity index (χ1) is 13.0. The first kappa shape index (κ1) is 17.7. The van der Waals surface area contributed by atoms with Crippen LogP contribution in [0, 0.1) is 0 Å². The van der Waals surface area contributed by atoms with Crippen LogP contribution in [-0.4, -0.2) is 60.7 Å². The van der Waals surface area contributed by atoms with Crippen LogP contribution < -0.4 is 15.5 Å². The molecule has 4 amide bonds. The molecule has 0 aromatic heterocycles. The molecule has 2 N–H and O–H groups in total. The molecular formula is C19H22N4O4. The molecule has 3 heterocycles. The lowest BCUT2D eigenvalue weighted by atomic mass is 10.0. The molecule has 8 nitrogen and oxygen atoms in total. The molecule has 8 heteroatoms. The molecule has 2 atom stereocenters. The van der Waals surface area contributed by atoms with Crippen molar-refractivity contribution in [2.45, 2.75) is 37.8 Å². The van der Waals surface area contributed by atoms with Crippen molar-refractivity contribution in [2.75, 3.05) is 25.0 Å². The average molecular weight is 370 g/mol. The Hall–Kier alpha value is -2.74. The SMILES string of the molecule is CN(C[C@H]1CCCN1)c1ccc2c(c1)C(=O)N(C1CCC(=O)NC1=O)C2=O. The van der Waals surface area contributed by atoms with Gasteiger partial charge in [0.15, 0.2) is 0 Å². The minimum Gasteiger partial charge on any atom is -0.373 e. The molecule has 2 fully saturated rings. The summed E-state index contributed by atoms with van der Waals surface area (Å²) in [6.07, 6.45) is 2.56. The molecule has 1 unspecified atom stereocenters. The molecule has 4 rings (SSSR count). The van der Waals surface area contributed by atoms with Gasteiger partial charge in [0, 0.05) is 31.7 Å². The van der Waals surface area contributed by atoms with Gasteiger partial charge in [0.2, 0.25) is 11.8 Å². The van der Waals surface area contributed by atoms with Crippen molar-refractivity contribution in [1.82, 2.24) is 15.5 Å². The number of amides is 4. The van der Waals surface area contributed by atoms with E-state index in [9.17, 15) is 19.2 Å². The highest BCUT2D eigenvalue weighted by molar-refractivity contribution is 6.23. The van der Waals surface area contributed by atoms with Crippen molar-refractivity contribution >= 4 is 29.3 Å². The molecule has 0 spiro atoms. The van der Waals surface area contributed by atoms with Gasteiger partial charge in [-0.1, -0.05) is 0 Å². The number of hydrogen-bond acceptors (Lipinski definition) is 6. The van der Waals surface area contributed by atoms with Gasteiger partial charge in [-0.25, -0.2) is 0 Å². The molecule has 3 aliphatic rings. The maximum Gasteiger partial charge on any atom is 0.262 e. The minimum atomic E-state index is -0.932. The fourth-order valence-corrected chi connectivity index (χ4v) is 4.04. The quantitative estimate of drug-likeness (QED) is 0.739. The number of nitrogens with zero attached hydrogens (tertiary/aromatic N) is 2. The highest BCUT2D eigenvalue weighted by atomic mass is 16.2. The van der Waals surface area contributed by atoms with E-state index in [1.165, 1.54) is 0 Å². The maximum atomic E-state index is 12.9. The Labute approximate surface area is 156 Å². The fraction of sp³-hybridized carbons (Fsp3) is 0.474. The van der Waals surface area contributed by atoms with Crippen LogP contribution in [0.2, 0.25) is 0 Å². The van der Waals surface area contributed by atoms with Gasteiger partial charge in [0.05, 0.1) is 11.1 Å². The molecule has 1 aromatic rings. The number of imide groups is 2. The summed E-state index contributed by atoms with van der Waals surface area (Å²) in [6.45, 7) is 1.84. The van der Waals surface area contributed by atoms with E-state index < -0.39 is 23.8 Å². The van der Waals surface area contributed by atoms with E-state index in [0.717, 1.165) is 36.5 Å². The number of piperidine rings is 1. The van der Waals surface area contributed by atoms with E-state index in [0.29, 0.717) is 17.2 Å². The summed E-state index contributed by atoms with van der Waals surface area (Å²) in [5.41, 5.74) is 1.47. The number of carbonyl (C=O) groups is 4. The van der Waals surface area contributed by atoms with Gasteiger partial charge in [0.25, 0.3) is 11.8 Å². The normalized spacial score (nSPS) is 25.0. The van der Waals surface area contributed by atoms with E-state index >= 15 is 0 Å². The summed E-state index contributed by atoms with van der Waals surface area (Å²) in [6, 6.07) is 4.68. The van der Waals surface area contributed by atoms with Gasteiger partial charge in [-0.2, -0.15) is 0 Å². The zero-order chi connectivity index (χ0) is 19.1. The molecular weight excluding hydrogens is 348 g/mol. The molecule has 3 aliphatic heterocycles. The van der Waals surface area contributed by atoms with Crippen LogP contribution in [0.5, 0.6) is 0 Å². The number of rotatable bonds is 4. The van der Waals surface area contributed by atoms with Gasteiger partial charge in [-0.15, -0.1) is 0 Å². The van der Waals surface area contributed by atoms with Gasteiger partial charge in [0.1, 0.15) is 6.04 Å². The van der Waals surface area contributed by atoms with Crippen molar-refractivity contribution in [2.24, 2.45) is 0 Å². The van der Waals surface area contributed by atoms with Crippen molar-refractivity contribution in [3.63, 3.8) is 0 Å². The van der Waals surface area contributed by atoms with E-state index in [-0.39, 0.29) is 18.7 Å². The Kier molecular flexibility index (Phi) is 4.43. The number of anilines is 1. The third kappa shape index (κ3) is 3.10. The Morgan fingerprint density at radius 2 is 1.89 bits per heavy atom. The largest absolute Gasteiger partial charge is 0.373 e. The fourth-order valence-electron chi connectivity index (χ4n) is 4.04. The van der Waals surface area contributed by atoms with Crippen LogP contribution in [0.15, 0.2) is 18.2 Å². The van der Waals surface area contributed by atoms with E-state index in [2.05, 4.69) is 15.5 Å². The summed E-state index contributed by atoms with van der Waals surface area (Å²) < 4.78 is 0. The topological polar surface area (TPSA) is 98.8 Å². The van der Waals surface area contributed by atoms with Crippen LogP contribution in [0.1, 0.15) is 46.4 Å². The lowest BCUT2D eigenvalue weighted by Gasteiger charge is -2.27. The average Bonchev–Trinajstić information content (AvgIpc) is 3.23. The van der Waals surface area contributed by atoms with E-state index in [1.54, 1.807) is 12.1 Å². The van der Waals surface area contributed by atoms with Gasteiger partial charge >= 0.3 is 0 Å². The van der Waals surface area contributed by atoms with Crippen LogP contribution in [0.25, 0.3) is 0 Å². The van der Waals surface area contributed by atoms with Crippen molar-refractivity contribution < 1.29 is 19.2 Å². The Balaban J connectivity index is 1.56. The summed E-state index contributed by atoms with van der Waals surface area (Å²) in [5, 5.41) is 5.65.